The molecule has 3 heteroatoms. The van der Waals surface area contributed by atoms with Crippen LogP contribution in [0.1, 0.15) is 49.7 Å². The Morgan fingerprint density at radius 1 is 1.08 bits per heavy atom. The van der Waals surface area contributed by atoms with Crippen LogP contribution in [0.2, 0.25) is 0 Å². The molecule has 0 spiro atoms. The molecule has 0 radical (unpaired) electrons. The molecule has 3 nitrogen and oxygen atoms in total. The van der Waals surface area contributed by atoms with Crippen molar-refractivity contribution < 1.29 is 0 Å². The Hall–Kier alpha value is -2.26. The van der Waals surface area contributed by atoms with Crippen molar-refractivity contribution in [1.82, 2.24) is 0 Å². The van der Waals surface area contributed by atoms with Gasteiger partial charge in [0.05, 0.1) is 0 Å². The lowest BCUT2D eigenvalue weighted by Crippen LogP contribution is -2.48. The third kappa shape index (κ3) is 2.49. The van der Waals surface area contributed by atoms with Crippen LogP contribution in [0.4, 0.5) is 5.69 Å². The average Bonchev–Trinajstić information content (AvgIpc) is 2.56. The zero-order valence-corrected chi connectivity index (χ0v) is 14.2. The van der Waals surface area contributed by atoms with Crippen molar-refractivity contribution in [2.75, 3.05) is 5.32 Å². The van der Waals surface area contributed by atoms with Gasteiger partial charge in [-0.15, -0.1) is 0 Å². The fraction of sp³-hybridized carbons (Fsp3) is 0.524. The molecule has 4 saturated carbocycles. The van der Waals surface area contributed by atoms with E-state index in [1.54, 1.807) is 0 Å². The highest BCUT2D eigenvalue weighted by molar-refractivity contribution is 5.57. The van der Waals surface area contributed by atoms with Crippen LogP contribution >= 0.6 is 0 Å². The monoisotopic (exact) mass is 317 g/mol. The summed E-state index contributed by atoms with van der Waals surface area (Å²) in [6, 6.07) is 10.6. The van der Waals surface area contributed by atoms with E-state index in [0.717, 1.165) is 29.0 Å². The quantitative estimate of drug-likeness (QED) is 0.814. The summed E-state index contributed by atoms with van der Waals surface area (Å²) in [4.78, 5) is 0. The molecule has 0 amide bonds. The van der Waals surface area contributed by atoms with Crippen LogP contribution < -0.4 is 5.32 Å². The van der Waals surface area contributed by atoms with E-state index in [1.807, 2.05) is 12.1 Å². The van der Waals surface area contributed by atoms with E-state index in [2.05, 4.69) is 30.4 Å². The van der Waals surface area contributed by atoms with Crippen molar-refractivity contribution in [1.29, 1.82) is 10.5 Å². The SMILES string of the molecule is Cc1ccc(C23CC4CC(CC(C4)C2)C3)cc1NC=C(C#N)C#N. The van der Waals surface area contributed by atoms with Gasteiger partial charge in [0.1, 0.15) is 17.7 Å². The average molecular weight is 317 g/mol. The van der Waals surface area contributed by atoms with Crippen molar-refractivity contribution in [3.63, 3.8) is 0 Å². The molecule has 4 aliphatic rings. The Labute approximate surface area is 144 Å². The van der Waals surface area contributed by atoms with Gasteiger partial charge in [0.25, 0.3) is 0 Å². The maximum Gasteiger partial charge on any atom is 0.145 e. The zero-order valence-electron chi connectivity index (χ0n) is 14.2. The minimum Gasteiger partial charge on any atom is -0.360 e. The predicted molar refractivity (Wildman–Crippen MR) is 94.0 cm³/mol. The number of nitriles is 2. The molecule has 0 saturated heterocycles. The van der Waals surface area contributed by atoms with Crippen molar-refractivity contribution in [2.24, 2.45) is 17.8 Å². The molecule has 4 bridgehead atoms. The Kier molecular flexibility index (Phi) is 3.61. The summed E-state index contributed by atoms with van der Waals surface area (Å²) in [5.41, 5.74) is 4.10. The molecule has 5 rings (SSSR count). The van der Waals surface area contributed by atoms with Gasteiger partial charge in [-0.3, -0.25) is 0 Å². The highest BCUT2D eigenvalue weighted by Gasteiger charge is 2.51. The number of hydrogen-bond donors (Lipinski definition) is 1. The van der Waals surface area contributed by atoms with E-state index < -0.39 is 0 Å². The number of rotatable bonds is 3. The van der Waals surface area contributed by atoms with Crippen LogP contribution in [-0.4, -0.2) is 0 Å². The molecule has 122 valence electrons. The Bertz CT molecular complexity index is 724. The number of anilines is 1. The first-order valence-corrected chi connectivity index (χ1v) is 9.00. The minimum absolute atomic E-state index is 0.106. The first-order chi connectivity index (χ1) is 11.6. The fourth-order valence-electron chi connectivity index (χ4n) is 5.81. The maximum atomic E-state index is 8.90. The molecule has 4 aliphatic carbocycles. The fourth-order valence-corrected chi connectivity index (χ4v) is 5.81. The summed E-state index contributed by atoms with van der Waals surface area (Å²) >= 11 is 0. The van der Waals surface area contributed by atoms with Gasteiger partial charge in [-0.2, -0.15) is 10.5 Å². The lowest BCUT2D eigenvalue weighted by Gasteiger charge is -2.57. The van der Waals surface area contributed by atoms with Crippen molar-refractivity contribution in [3.8, 4) is 12.1 Å². The van der Waals surface area contributed by atoms with Crippen LogP contribution in [0.5, 0.6) is 0 Å². The lowest BCUT2D eigenvalue weighted by molar-refractivity contribution is -0.00516. The molecule has 1 aromatic carbocycles. The molecule has 0 unspecified atom stereocenters. The summed E-state index contributed by atoms with van der Waals surface area (Å²) in [6.07, 6.45) is 9.91. The Balaban J connectivity index is 1.65. The van der Waals surface area contributed by atoms with Gasteiger partial charge in [0.2, 0.25) is 0 Å². The number of hydrogen-bond acceptors (Lipinski definition) is 3. The topological polar surface area (TPSA) is 59.6 Å². The Morgan fingerprint density at radius 3 is 2.21 bits per heavy atom. The number of nitrogens with zero attached hydrogens (tertiary/aromatic N) is 2. The van der Waals surface area contributed by atoms with Crippen LogP contribution in [0.25, 0.3) is 0 Å². The number of nitrogens with one attached hydrogen (secondary N) is 1. The molecule has 0 aliphatic heterocycles. The second kappa shape index (κ2) is 5.67. The Morgan fingerprint density at radius 2 is 1.67 bits per heavy atom. The second-order valence-corrected chi connectivity index (χ2v) is 8.15. The molecule has 4 fully saturated rings. The van der Waals surface area contributed by atoms with Crippen molar-refractivity contribution in [3.05, 3.63) is 41.1 Å². The molecule has 0 atom stereocenters. The predicted octanol–water partition coefficient (Wildman–Crippen LogP) is 4.81. The van der Waals surface area contributed by atoms with Gasteiger partial charge in [0, 0.05) is 11.9 Å². The standard InChI is InChI=1S/C21H23N3/c1-14-2-3-19(7-20(14)24-13-18(11-22)12-23)21-8-15-4-16(9-21)6-17(5-15)10-21/h2-3,7,13,15-17,24H,4-6,8-10H2,1H3. The first-order valence-electron chi connectivity index (χ1n) is 9.00. The second-order valence-electron chi connectivity index (χ2n) is 8.15. The summed E-state index contributed by atoms with van der Waals surface area (Å²) in [7, 11) is 0. The van der Waals surface area contributed by atoms with E-state index >= 15 is 0 Å². The molecule has 0 aromatic heterocycles. The van der Waals surface area contributed by atoms with E-state index in [-0.39, 0.29) is 5.57 Å². The van der Waals surface area contributed by atoms with E-state index in [0.29, 0.717) is 5.41 Å². The first kappa shape index (κ1) is 15.3. The number of benzene rings is 1. The highest BCUT2D eigenvalue weighted by Crippen LogP contribution is 2.60. The molecule has 1 N–H and O–H groups in total. The molecule has 0 heterocycles. The van der Waals surface area contributed by atoms with Crippen LogP contribution in [0.15, 0.2) is 30.0 Å². The third-order valence-corrected chi connectivity index (χ3v) is 6.50. The zero-order chi connectivity index (χ0) is 16.7. The normalized spacial score (nSPS) is 32.7. The van der Waals surface area contributed by atoms with Crippen LogP contribution in [0, 0.1) is 47.3 Å². The minimum atomic E-state index is 0.106. The highest BCUT2D eigenvalue weighted by atomic mass is 14.8. The number of allylic oxidation sites excluding steroid dienone is 1. The summed E-state index contributed by atoms with van der Waals surface area (Å²) < 4.78 is 0. The van der Waals surface area contributed by atoms with E-state index in [9.17, 15) is 0 Å². The molecule has 24 heavy (non-hydrogen) atoms. The molecular weight excluding hydrogens is 294 g/mol. The van der Waals surface area contributed by atoms with Gasteiger partial charge in [-0.05, 0) is 85.8 Å². The van der Waals surface area contributed by atoms with Gasteiger partial charge in [-0.25, -0.2) is 0 Å². The van der Waals surface area contributed by atoms with Gasteiger partial charge in [-0.1, -0.05) is 12.1 Å². The number of aryl methyl sites for hydroxylation is 1. The van der Waals surface area contributed by atoms with Gasteiger partial charge in [0.15, 0.2) is 0 Å². The maximum absolute atomic E-state index is 8.90. The summed E-state index contributed by atoms with van der Waals surface area (Å²) in [6.45, 7) is 2.07. The van der Waals surface area contributed by atoms with E-state index in [1.165, 1.54) is 50.3 Å². The summed E-state index contributed by atoms with van der Waals surface area (Å²) in [5, 5.41) is 21.0. The van der Waals surface area contributed by atoms with Crippen molar-refractivity contribution in [2.45, 2.75) is 50.9 Å². The molecule has 1 aromatic rings. The van der Waals surface area contributed by atoms with Crippen LogP contribution in [-0.2, 0) is 5.41 Å². The van der Waals surface area contributed by atoms with Gasteiger partial charge < -0.3 is 5.32 Å². The lowest BCUT2D eigenvalue weighted by atomic mass is 9.48. The third-order valence-electron chi connectivity index (χ3n) is 6.50. The van der Waals surface area contributed by atoms with E-state index in [4.69, 9.17) is 10.5 Å². The molecular formula is C21H23N3. The smallest absolute Gasteiger partial charge is 0.145 e. The summed E-state index contributed by atoms with van der Waals surface area (Å²) in [5.74, 6) is 2.79. The van der Waals surface area contributed by atoms with Crippen LogP contribution in [0.3, 0.4) is 0 Å². The van der Waals surface area contributed by atoms with Gasteiger partial charge >= 0.3 is 0 Å². The largest absolute Gasteiger partial charge is 0.360 e. The van der Waals surface area contributed by atoms with Crippen molar-refractivity contribution >= 4 is 5.69 Å².